The number of piperidine rings is 2. The Morgan fingerprint density at radius 3 is 2.49 bits per heavy atom. The smallest absolute Gasteiger partial charge is 0.287 e. The molecule has 2 aliphatic heterocycles. The van der Waals surface area contributed by atoms with Gasteiger partial charge in [0.1, 0.15) is 17.4 Å². The minimum Gasteiger partial charge on any atom is -0.497 e. The van der Waals surface area contributed by atoms with Gasteiger partial charge in [0.2, 0.25) is 11.8 Å². The van der Waals surface area contributed by atoms with Crippen molar-refractivity contribution in [2.75, 3.05) is 26.7 Å². The molecule has 0 radical (unpaired) electrons. The molecule has 1 atom stereocenters. The van der Waals surface area contributed by atoms with Crippen LogP contribution in [0.25, 0.3) is 11.0 Å². The van der Waals surface area contributed by atoms with Gasteiger partial charge in [-0.2, -0.15) is 0 Å². The maximum absolute atomic E-state index is 14.0. The zero-order valence-electron chi connectivity index (χ0n) is 26.4. The Bertz CT molecular complexity index is 1830. The Morgan fingerprint density at radius 2 is 1.74 bits per heavy atom. The van der Waals surface area contributed by atoms with E-state index in [0.717, 1.165) is 49.4 Å². The Hall–Kier alpha value is -4.63. The fraction of sp³-hybridized carbons (Fsp3) is 0.351. The molecule has 0 unspecified atom stereocenters. The minimum absolute atomic E-state index is 0.188. The lowest BCUT2D eigenvalue weighted by Crippen LogP contribution is -2.51. The molecule has 6 rings (SSSR count). The number of nitrogens with zero attached hydrogens (tertiary/aromatic N) is 2. The summed E-state index contributed by atoms with van der Waals surface area (Å²) >= 11 is 6.10. The van der Waals surface area contributed by atoms with Crippen molar-refractivity contribution in [3.8, 4) is 5.75 Å². The number of carbonyl (C=O) groups excluding carboxylic acids is 3. The predicted octanol–water partition coefficient (Wildman–Crippen LogP) is 5.71. The highest BCUT2D eigenvalue weighted by atomic mass is 35.5. The standard InChI is InChI=1S/C37H38ClN3O6/c1-46-28-13-14-30-32(42)22-34(47-33(30)21-28)36(44)39-31(20-24-9-11-27(38)12-10-24)37(45)40-18-15-25(16-19-40)29-7-3-2-6-26(29)23-41-17-5-4-8-35(41)43/h2-3,6-7,9-14,21-22,25,31H,4-5,8,15-20,23H2,1H3,(H,39,44)/t31-/m0/s1. The lowest BCUT2D eigenvalue weighted by atomic mass is 9.86. The number of rotatable bonds is 9. The molecule has 2 aliphatic rings. The second-order valence-corrected chi connectivity index (χ2v) is 12.7. The molecule has 0 saturated carbocycles. The first-order valence-corrected chi connectivity index (χ1v) is 16.5. The third-order valence-electron chi connectivity index (χ3n) is 9.20. The summed E-state index contributed by atoms with van der Waals surface area (Å²) < 4.78 is 11.1. The van der Waals surface area contributed by atoms with Gasteiger partial charge in [0.25, 0.3) is 5.91 Å². The molecule has 0 bridgehead atoms. The molecule has 244 valence electrons. The summed E-state index contributed by atoms with van der Waals surface area (Å²) in [6.45, 7) is 2.45. The summed E-state index contributed by atoms with van der Waals surface area (Å²) in [5, 5.41) is 3.74. The highest BCUT2D eigenvalue weighted by molar-refractivity contribution is 6.30. The van der Waals surface area contributed by atoms with E-state index in [4.69, 9.17) is 20.8 Å². The van der Waals surface area contributed by atoms with Crippen molar-refractivity contribution in [3.63, 3.8) is 0 Å². The largest absolute Gasteiger partial charge is 0.497 e. The van der Waals surface area contributed by atoms with E-state index in [-0.39, 0.29) is 40.9 Å². The Balaban J connectivity index is 1.18. The van der Waals surface area contributed by atoms with Gasteiger partial charge in [-0.15, -0.1) is 0 Å². The molecule has 0 spiro atoms. The molecule has 1 N–H and O–H groups in total. The lowest BCUT2D eigenvalue weighted by Gasteiger charge is -2.36. The molecule has 2 fully saturated rings. The molecule has 10 heteroatoms. The van der Waals surface area contributed by atoms with Crippen LogP contribution in [0.5, 0.6) is 5.75 Å². The highest BCUT2D eigenvalue weighted by Gasteiger charge is 2.32. The van der Waals surface area contributed by atoms with Gasteiger partial charge < -0.3 is 24.3 Å². The molecule has 3 aromatic carbocycles. The zero-order valence-corrected chi connectivity index (χ0v) is 27.1. The van der Waals surface area contributed by atoms with Crippen LogP contribution in [-0.2, 0) is 22.6 Å². The van der Waals surface area contributed by atoms with Crippen molar-refractivity contribution < 1.29 is 23.5 Å². The average Bonchev–Trinajstić information content (AvgIpc) is 3.09. The first-order chi connectivity index (χ1) is 22.8. The molecule has 47 heavy (non-hydrogen) atoms. The number of hydrogen-bond donors (Lipinski definition) is 1. The molecular formula is C37H38ClN3O6. The highest BCUT2D eigenvalue weighted by Crippen LogP contribution is 2.32. The fourth-order valence-corrected chi connectivity index (χ4v) is 6.73. The van der Waals surface area contributed by atoms with Crippen molar-refractivity contribution in [2.24, 2.45) is 0 Å². The molecule has 3 heterocycles. The second-order valence-electron chi connectivity index (χ2n) is 12.3. The van der Waals surface area contributed by atoms with Gasteiger partial charge in [0.15, 0.2) is 11.2 Å². The number of hydrogen-bond acceptors (Lipinski definition) is 6. The number of carbonyl (C=O) groups is 3. The molecular weight excluding hydrogens is 618 g/mol. The third-order valence-corrected chi connectivity index (χ3v) is 9.45. The number of fused-ring (bicyclic) bond motifs is 1. The topological polar surface area (TPSA) is 109 Å². The van der Waals surface area contributed by atoms with Gasteiger partial charge in [0.05, 0.1) is 12.5 Å². The summed E-state index contributed by atoms with van der Waals surface area (Å²) in [7, 11) is 1.50. The van der Waals surface area contributed by atoms with Crippen LogP contribution in [0.15, 0.2) is 82.0 Å². The summed E-state index contributed by atoms with van der Waals surface area (Å²) in [5.41, 5.74) is 3.07. The van der Waals surface area contributed by atoms with Crippen molar-refractivity contribution >= 4 is 40.3 Å². The van der Waals surface area contributed by atoms with E-state index in [0.29, 0.717) is 42.2 Å². The molecule has 4 aromatic rings. The van der Waals surface area contributed by atoms with E-state index in [2.05, 4.69) is 17.4 Å². The predicted molar refractivity (Wildman–Crippen MR) is 180 cm³/mol. The van der Waals surface area contributed by atoms with Crippen LogP contribution in [0.4, 0.5) is 0 Å². The van der Waals surface area contributed by atoms with Crippen LogP contribution in [0.2, 0.25) is 5.02 Å². The van der Waals surface area contributed by atoms with Crippen molar-refractivity contribution in [3.05, 3.63) is 110 Å². The van der Waals surface area contributed by atoms with Crippen molar-refractivity contribution in [1.29, 1.82) is 0 Å². The van der Waals surface area contributed by atoms with Crippen LogP contribution in [0.1, 0.15) is 65.3 Å². The number of likely N-dealkylation sites (tertiary alicyclic amines) is 2. The Morgan fingerprint density at radius 1 is 0.979 bits per heavy atom. The molecule has 2 saturated heterocycles. The maximum atomic E-state index is 14.0. The van der Waals surface area contributed by atoms with Gasteiger partial charge in [-0.3, -0.25) is 19.2 Å². The van der Waals surface area contributed by atoms with Crippen LogP contribution in [0, 0.1) is 0 Å². The van der Waals surface area contributed by atoms with Crippen LogP contribution in [0.3, 0.4) is 0 Å². The second kappa shape index (κ2) is 14.4. The average molecular weight is 656 g/mol. The van der Waals surface area contributed by atoms with Crippen LogP contribution < -0.4 is 15.5 Å². The third kappa shape index (κ3) is 7.52. The van der Waals surface area contributed by atoms with Gasteiger partial charge >= 0.3 is 0 Å². The molecule has 9 nitrogen and oxygen atoms in total. The van der Waals surface area contributed by atoms with E-state index in [1.54, 1.807) is 35.2 Å². The summed E-state index contributed by atoms with van der Waals surface area (Å²) in [6.07, 6.45) is 4.36. The zero-order chi connectivity index (χ0) is 32.9. The number of benzene rings is 3. The van der Waals surface area contributed by atoms with Crippen molar-refractivity contribution in [1.82, 2.24) is 15.1 Å². The first-order valence-electron chi connectivity index (χ1n) is 16.1. The van der Waals surface area contributed by atoms with E-state index >= 15 is 0 Å². The number of ether oxygens (including phenoxy) is 1. The SMILES string of the molecule is COc1ccc2c(=O)cc(C(=O)N[C@@H](Cc3ccc(Cl)cc3)C(=O)N3CCC(c4ccccc4CN4CCCCC4=O)CC3)oc2c1. The van der Waals surface area contributed by atoms with E-state index in [1.807, 2.05) is 29.2 Å². The van der Waals surface area contributed by atoms with Gasteiger partial charge in [-0.1, -0.05) is 48.0 Å². The van der Waals surface area contributed by atoms with Gasteiger partial charge in [-0.05, 0) is 72.6 Å². The first kappa shape index (κ1) is 32.3. The van der Waals surface area contributed by atoms with Crippen LogP contribution >= 0.6 is 11.6 Å². The summed E-state index contributed by atoms with van der Waals surface area (Å²) in [6, 6.07) is 20.5. The fourth-order valence-electron chi connectivity index (χ4n) is 6.60. The van der Waals surface area contributed by atoms with E-state index in [1.165, 1.54) is 12.7 Å². The summed E-state index contributed by atoms with van der Waals surface area (Å²) in [5.74, 6) is -0.0996. The molecule has 3 amide bonds. The monoisotopic (exact) mass is 655 g/mol. The van der Waals surface area contributed by atoms with Crippen molar-refractivity contribution in [2.45, 2.75) is 57.0 Å². The van der Waals surface area contributed by atoms with Crippen LogP contribution in [-0.4, -0.2) is 60.3 Å². The Labute approximate surface area is 278 Å². The van der Waals surface area contributed by atoms with E-state index < -0.39 is 11.9 Å². The molecule has 0 aliphatic carbocycles. The number of amides is 3. The van der Waals surface area contributed by atoms with Gasteiger partial charge in [0, 0.05) is 56.2 Å². The molecule has 1 aromatic heterocycles. The summed E-state index contributed by atoms with van der Waals surface area (Å²) in [4.78, 5) is 56.6. The number of methoxy groups -OCH3 is 1. The minimum atomic E-state index is -0.899. The van der Waals surface area contributed by atoms with Gasteiger partial charge in [-0.25, -0.2) is 0 Å². The Kier molecular flexibility index (Phi) is 9.92. The number of halogens is 1. The lowest BCUT2D eigenvalue weighted by molar-refractivity contribution is -0.135. The quantitative estimate of drug-likeness (QED) is 0.247. The maximum Gasteiger partial charge on any atom is 0.287 e. The normalized spacial score (nSPS) is 16.3. The van der Waals surface area contributed by atoms with E-state index in [9.17, 15) is 19.2 Å². The number of nitrogens with one attached hydrogen (secondary N) is 1.